The van der Waals surface area contributed by atoms with E-state index < -0.39 is 0 Å². The van der Waals surface area contributed by atoms with Crippen molar-refractivity contribution in [2.45, 2.75) is 20.4 Å². The Labute approximate surface area is 127 Å². The molecule has 0 bridgehead atoms. The summed E-state index contributed by atoms with van der Waals surface area (Å²) in [4.78, 5) is 20.6. The largest absolute Gasteiger partial charge is 0.326 e. The minimum absolute atomic E-state index is 0.141. The van der Waals surface area contributed by atoms with E-state index in [-0.39, 0.29) is 12.5 Å². The maximum Gasteiger partial charge on any atom is 0.245 e. The summed E-state index contributed by atoms with van der Waals surface area (Å²) in [6.45, 7) is 3.93. The van der Waals surface area contributed by atoms with Crippen LogP contribution in [0, 0.1) is 13.8 Å². The summed E-state index contributed by atoms with van der Waals surface area (Å²) in [6.07, 6.45) is 5.13. The lowest BCUT2D eigenvalue weighted by Gasteiger charge is -2.09. The van der Waals surface area contributed by atoms with E-state index in [4.69, 9.17) is 0 Å². The molecular formula is C15H16N6O. The number of nitrogens with one attached hydrogen (secondary N) is 1. The van der Waals surface area contributed by atoms with Crippen LogP contribution in [0.1, 0.15) is 11.5 Å². The fourth-order valence-corrected chi connectivity index (χ4v) is 2.15. The molecule has 0 aliphatic carbocycles. The zero-order chi connectivity index (χ0) is 15.5. The zero-order valence-corrected chi connectivity index (χ0v) is 12.4. The van der Waals surface area contributed by atoms with E-state index in [1.165, 1.54) is 0 Å². The molecule has 1 amide bonds. The van der Waals surface area contributed by atoms with Gasteiger partial charge in [0, 0.05) is 24.7 Å². The number of hydrogen-bond acceptors (Lipinski definition) is 4. The van der Waals surface area contributed by atoms with Crippen LogP contribution < -0.4 is 5.32 Å². The molecule has 112 valence electrons. The predicted octanol–water partition coefficient (Wildman–Crippen LogP) is 1.72. The molecule has 0 aromatic carbocycles. The molecule has 0 saturated heterocycles. The number of aryl methyl sites for hydroxylation is 2. The first-order valence-electron chi connectivity index (χ1n) is 6.89. The molecule has 7 nitrogen and oxygen atoms in total. The third-order valence-corrected chi connectivity index (χ3v) is 3.20. The van der Waals surface area contributed by atoms with Crippen LogP contribution in [0.3, 0.4) is 0 Å². The summed E-state index contributed by atoms with van der Waals surface area (Å²) in [6, 6.07) is 7.36. The summed E-state index contributed by atoms with van der Waals surface area (Å²) in [7, 11) is 0. The average molecular weight is 296 g/mol. The van der Waals surface area contributed by atoms with Crippen molar-refractivity contribution < 1.29 is 4.79 Å². The van der Waals surface area contributed by atoms with Crippen LogP contribution in [0.25, 0.3) is 5.82 Å². The third-order valence-electron chi connectivity index (χ3n) is 3.20. The number of aromatic nitrogens is 5. The van der Waals surface area contributed by atoms with Crippen molar-refractivity contribution in [1.82, 2.24) is 24.3 Å². The van der Waals surface area contributed by atoms with E-state index in [9.17, 15) is 4.79 Å². The van der Waals surface area contributed by atoms with Gasteiger partial charge >= 0.3 is 0 Å². The van der Waals surface area contributed by atoms with Crippen molar-refractivity contribution >= 4 is 11.7 Å². The summed E-state index contributed by atoms with van der Waals surface area (Å²) in [5.41, 5.74) is 0.805. The van der Waals surface area contributed by atoms with Crippen molar-refractivity contribution in [2.24, 2.45) is 0 Å². The van der Waals surface area contributed by atoms with E-state index in [1.807, 2.05) is 38.1 Å². The summed E-state index contributed by atoms with van der Waals surface area (Å²) < 4.78 is 3.40. The standard InChI is InChI=1S/C15H16N6O/c1-11-9-14(21(19-11)13-5-3-4-6-17-13)18-15(22)10-20-8-7-16-12(20)2/h3-9H,10H2,1-2H3,(H,18,22). The lowest BCUT2D eigenvalue weighted by molar-refractivity contribution is -0.116. The monoisotopic (exact) mass is 296 g/mol. The smallest absolute Gasteiger partial charge is 0.245 e. The highest BCUT2D eigenvalue weighted by molar-refractivity contribution is 5.90. The topological polar surface area (TPSA) is 77.6 Å². The van der Waals surface area contributed by atoms with Crippen LogP contribution in [-0.4, -0.2) is 30.2 Å². The molecule has 0 aliphatic heterocycles. The Kier molecular flexibility index (Phi) is 3.69. The van der Waals surface area contributed by atoms with E-state index in [1.54, 1.807) is 27.8 Å². The molecule has 0 spiro atoms. The molecule has 0 saturated carbocycles. The van der Waals surface area contributed by atoms with Crippen molar-refractivity contribution in [1.29, 1.82) is 0 Å². The number of rotatable bonds is 4. The Hall–Kier alpha value is -2.96. The van der Waals surface area contributed by atoms with Crippen LogP contribution in [0.2, 0.25) is 0 Å². The molecule has 22 heavy (non-hydrogen) atoms. The van der Waals surface area contributed by atoms with Gasteiger partial charge in [0.1, 0.15) is 18.2 Å². The van der Waals surface area contributed by atoms with Crippen LogP contribution in [0.5, 0.6) is 0 Å². The van der Waals surface area contributed by atoms with Gasteiger partial charge in [-0.3, -0.25) is 4.79 Å². The van der Waals surface area contributed by atoms with Crippen molar-refractivity contribution in [3.05, 3.63) is 54.4 Å². The Morgan fingerprint density at radius 1 is 1.23 bits per heavy atom. The van der Waals surface area contributed by atoms with Crippen LogP contribution in [0.15, 0.2) is 42.9 Å². The van der Waals surface area contributed by atoms with Gasteiger partial charge in [0.25, 0.3) is 0 Å². The van der Waals surface area contributed by atoms with Gasteiger partial charge in [0.2, 0.25) is 5.91 Å². The van der Waals surface area contributed by atoms with Gasteiger partial charge in [-0.05, 0) is 26.0 Å². The Bertz CT molecular complexity index is 789. The molecule has 1 N–H and O–H groups in total. The SMILES string of the molecule is Cc1cc(NC(=O)Cn2ccnc2C)n(-c2ccccn2)n1. The Morgan fingerprint density at radius 2 is 2.09 bits per heavy atom. The van der Waals surface area contributed by atoms with Crippen molar-refractivity contribution in [2.75, 3.05) is 5.32 Å². The normalized spacial score (nSPS) is 10.6. The molecule has 0 unspecified atom stereocenters. The Morgan fingerprint density at radius 3 is 2.77 bits per heavy atom. The van der Waals surface area contributed by atoms with Gasteiger partial charge < -0.3 is 9.88 Å². The second kappa shape index (κ2) is 5.80. The average Bonchev–Trinajstić information content (AvgIpc) is 3.06. The summed E-state index contributed by atoms with van der Waals surface area (Å²) in [5, 5.41) is 7.24. The lowest BCUT2D eigenvalue weighted by Crippen LogP contribution is -2.21. The fourth-order valence-electron chi connectivity index (χ4n) is 2.15. The molecule has 0 radical (unpaired) electrons. The minimum Gasteiger partial charge on any atom is -0.326 e. The highest BCUT2D eigenvalue weighted by Gasteiger charge is 2.12. The van der Waals surface area contributed by atoms with Gasteiger partial charge in [0.15, 0.2) is 5.82 Å². The number of hydrogen-bond donors (Lipinski definition) is 1. The molecule has 3 aromatic rings. The van der Waals surface area contributed by atoms with E-state index in [0.717, 1.165) is 11.5 Å². The van der Waals surface area contributed by atoms with E-state index in [0.29, 0.717) is 11.6 Å². The molecule has 3 heterocycles. The van der Waals surface area contributed by atoms with Crippen molar-refractivity contribution in [3.8, 4) is 5.82 Å². The second-order valence-electron chi connectivity index (χ2n) is 4.92. The van der Waals surface area contributed by atoms with Gasteiger partial charge in [-0.25, -0.2) is 9.97 Å². The predicted molar refractivity (Wildman–Crippen MR) is 81.7 cm³/mol. The molecule has 7 heteroatoms. The van der Waals surface area contributed by atoms with Crippen LogP contribution >= 0.6 is 0 Å². The highest BCUT2D eigenvalue weighted by Crippen LogP contribution is 2.15. The number of carbonyl (C=O) groups is 1. The zero-order valence-electron chi connectivity index (χ0n) is 12.4. The molecule has 3 rings (SSSR count). The molecule has 0 aliphatic rings. The van der Waals surface area contributed by atoms with Gasteiger partial charge in [-0.15, -0.1) is 0 Å². The van der Waals surface area contributed by atoms with E-state index in [2.05, 4.69) is 20.4 Å². The molecular weight excluding hydrogens is 280 g/mol. The third kappa shape index (κ3) is 2.88. The molecule has 3 aromatic heterocycles. The Balaban J connectivity index is 1.81. The summed E-state index contributed by atoms with van der Waals surface area (Å²) >= 11 is 0. The second-order valence-corrected chi connectivity index (χ2v) is 4.92. The van der Waals surface area contributed by atoms with Gasteiger partial charge in [-0.2, -0.15) is 9.78 Å². The van der Waals surface area contributed by atoms with Gasteiger partial charge in [0.05, 0.1) is 5.69 Å². The van der Waals surface area contributed by atoms with Crippen LogP contribution in [0.4, 0.5) is 5.82 Å². The maximum absolute atomic E-state index is 12.2. The molecule has 0 atom stereocenters. The fraction of sp³-hybridized carbons (Fsp3) is 0.200. The number of amides is 1. The quantitative estimate of drug-likeness (QED) is 0.795. The van der Waals surface area contributed by atoms with E-state index >= 15 is 0 Å². The number of anilines is 1. The lowest BCUT2D eigenvalue weighted by atomic mass is 10.4. The number of imidazole rings is 1. The van der Waals surface area contributed by atoms with Crippen molar-refractivity contribution in [3.63, 3.8) is 0 Å². The highest BCUT2D eigenvalue weighted by atomic mass is 16.2. The first-order chi connectivity index (χ1) is 10.6. The molecule has 0 fully saturated rings. The number of carbonyl (C=O) groups excluding carboxylic acids is 1. The maximum atomic E-state index is 12.2. The van der Waals surface area contributed by atoms with Crippen LogP contribution in [-0.2, 0) is 11.3 Å². The van der Waals surface area contributed by atoms with Gasteiger partial charge in [-0.1, -0.05) is 6.07 Å². The first-order valence-corrected chi connectivity index (χ1v) is 6.89. The number of nitrogens with zero attached hydrogens (tertiary/aromatic N) is 5. The minimum atomic E-state index is -0.141. The first kappa shape index (κ1) is 14.0. The number of pyridine rings is 1. The summed E-state index contributed by atoms with van der Waals surface area (Å²) in [5.74, 6) is 1.91.